The van der Waals surface area contributed by atoms with Gasteiger partial charge in [-0.1, -0.05) is 0 Å². The molecule has 0 radical (unpaired) electrons. The van der Waals surface area contributed by atoms with E-state index < -0.39 is 0 Å². The first-order valence-electron chi connectivity index (χ1n) is 6.10. The van der Waals surface area contributed by atoms with Crippen molar-refractivity contribution >= 4 is 29.7 Å². The lowest BCUT2D eigenvalue weighted by atomic mass is 10.2. The number of rotatable bonds is 3. The number of hydrogen-bond acceptors (Lipinski definition) is 4. The predicted molar refractivity (Wildman–Crippen MR) is 76.4 cm³/mol. The van der Waals surface area contributed by atoms with Gasteiger partial charge in [0.25, 0.3) is 5.91 Å². The van der Waals surface area contributed by atoms with Crippen LogP contribution in [0.4, 0.5) is 0 Å². The monoisotopic (exact) mass is 289 g/mol. The normalized spacial score (nSPS) is 22.9. The zero-order chi connectivity index (χ0) is 12.4. The van der Waals surface area contributed by atoms with Gasteiger partial charge in [0.15, 0.2) is 0 Å². The van der Waals surface area contributed by atoms with E-state index in [2.05, 4.69) is 18.8 Å². The Hall–Kier alpha value is -0.650. The van der Waals surface area contributed by atoms with Crippen LogP contribution >= 0.6 is 23.7 Å². The first-order valence-corrected chi connectivity index (χ1v) is 6.98. The molecule has 0 saturated carbocycles. The molecular weight excluding hydrogens is 270 g/mol. The van der Waals surface area contributed by atoms with E-state index in [0.29, 0.717) is 24.3 Å². The van der Waals surface area contributed by atoms with Gasteiger partial charge in [0.05, 0.1) is 5.01 Å². The molecule has 0 bridgehead atoms. The molecule has 1 aliphatic heterocycles. The molecule has 6 heteroatoms. The summed E-state index contributed by atoms with van der Waals surface area (Å²) in [7, 11) is 0. The summed E-state index contributed by atoms with van der Waals surface area (Å²) in [4.78, 5) is 18.6. The van der Waals surface area contributed by atoms with Crippen LogP contribution in [0.5, 0.6) is 0 Å². The number of thiazole rings is 1. The van der Waals surface area contributed by atoms with Crippen molar-refractivity contribution in [3.8, 4) is 0 Å². The molecule has 0 spiro atoms. The number of carbonyl (C=O) groups is 1. The maximum absolute atomic E-state index is 12.3. The summed E-state index contributed by atoms with van der Waals surface area (Å²) in [6.07, 6.45) is 2.93. The van der Waals surface area contributed by atoms with Crippen molar-refractivity contribution in [3.63, 3.8) is 0 Å². The number of amides is 1. The number of carbonyl (C=O) groups excluding carboxylic acids is 1. The van der Waals surface area contributed by atoms with E-state index in [4.69, 9.17) is 5.73 Å². The first kappa shape index (κ1) is 15.4. The topological polar surface area (TPSA) is 59.2 Å². The van der Waals surface area contributed by atoms with Crippen molar-refractivity contribution in [1.29, 1.82) is 0 Å². The molecule has 1 aromatic heterocycles. The van der Waals surface area contributed by atoms with Gasteiger partial charge in [-0.2, -0.15) is 0 Å². The van der Waals surface area contributed by atoms with Crippen LogP contribution in [0, 0.1) is 0 Å². The maximum atomic E-state index is 12.3. The third-order valence-corrected chi connectivity index (χ3v) is 4.22. The minimum absolute atomic E-state index is 0. The smallest absolute Gasteiger partial charge is 0.273 e. The van der Waals surface area contributed by atoms with Crippen LogP contribution in [0.1, 0.15) is 42.2 Å². The number of nitrogens with two attached hydrogens (primary N) is 1. The molecular formula is C12H20ClN3OS. The lowest BCUT2D eigenvalue weighted by molar-refractivity contribution is 0.0687. The summed E-state index contributed by atoms with van der Waals surface area (Å²) in [6, 6.07) is 0.661. The minimum Gasteiger partial charge on any atom is -0.332 e. The number of likely N-dealkylation sites (tertiary alicyclic amines) is 1. The second kappa shape index (κ2) is 6.50. The summed E-state index contributed by atoms with van der Waals surface area (Å²) >= 11 is 1.53. The molecule has 1 aromatic rings. The molecule has 2 N–H and O–H groups in total. The van der Waals surface area contributed by atoms with Crippen LogP contribution in [0.3, 0.4) is 0 Å². The third kappa shape index (κ3) is 3.02. The third-order valence-electron chi connectivity index (χ3n) is 3.32. The molecule has 2 atom stereocenters. The van der Waals surface area contributed by atoms with Crippen molar-refractivity contribution in [2.45, 2.75) is 45.2 Å². The highest BCUT2D eigenvalue weighted by Gasteiger charge is 2.32. The van der Waals surface area contributed by atoms with E-state index in [9.17, 15) is 4.79 Å². The fourth-order valence-electron chi connectivity index (χ4n) is 2.38. The first-order chi connectivity index (χ1) is 8.13. The quantitative estimate of drug-likeness (QED) is 0.927. The molecule has 2 rings (SSSR count). The van der Waals surface area contributed by atoms with E-state index in [-0.39, 0.29) is 18.3 Å². The Morgan fingerprint density at radius 1 is 1.50 bits per heavy atom. The Kier molecular flexibility index (Phi) is 5.56. The highest BCUT2D eigenvalue weighted by atomic mass is 35.5. The number of hydrogen-bond donors (Lipinski definition) is 1. The molecule has 1 aliphatic rings. The van der Waals surface area contributed by atoms with Crippen molar-refractivity contribution in [2.24, 2.45) is 5.73 Å². The second-order valence-electron chi connectivity index (χ2n) is 4.65. The van der Waals surface area contributed by atoms with E-state index in [1.807, 2.05) is 10.3 Å². The summed E-state index contributed by atoms with van der Waals surface area (Å²) < 4.78 is 0. The molecule has 18 heavy (non-hydrogen) atoms. The Bertz CT molecular complexity index is 400. The van der Waals surface area contributed by atoms with Crippen LogP contribution in [-0.2, 0) is 6.42 Å². The predicted octanol–water partition coefficient (Wildman–Crippen LogP) is 2.08. The molecule has 0 aliphatic carbocycles. The molecule has 102 valence electrons. The molecule has 2 unspecified atom stereocenters. The Morgan fingerprint density at radius 3 is 2.67 bits per heavy atom. The highest BCUT2D eigenvalue weighted by molar-refractivity contribution is 7.09. The van der Waals surface area contributed by atoms with Crippen LogP contribution in [0.2, 0.25) is 0 Å². The molecule has 0 aromatic carbocycles. The lowest BCUT2D eigenvalue weighted by Gasteiger charge is -2.25. The standard InChI is InChI=1S/C12H19N3OS.ClH/c1-8-3-4-9(2)15(8)12(16)10-7-17-11(14-10)5-6-13;/h7-9H,3-6,13H2,1-2H3;1H. The van der Waals surface area contributed by atoms with Gasteiger partial charge < -0.3 is 10.6 Å². The van der Waals surface area contributed by atoms with E-state index >= 15 is 0 Å². The summed E-state index contributed by atoms with van der Waals surface area (Å²) in [5, 5.41) is 2.81. The van der Waals surface area contributed by atoms with Gasteiger partial charge in [-0.15, -0.1) is 23.7 Å². The van der Waals surface area contributed by atoms with E-state index in [0.717, 1.165) is 24.3 Å². The average Bonchev–Trinajstić information content (AvgIpc) is 2.87. The average molecular weight is 290 g/mol. The van der Waals surface area contributed by atoms with Crippen LogP contribution < -0.4 is 5.73 Å². The Morgan fingerprint density at radius 2 is 2.11 bits per heavy atom. The van der Waals surface area contributed by atoms with Gasteiger partial charge in [0.1, 0.15) is 5.69 Å². The van der Waals surface area contributed by atoms with Gasteiger partial charge in [0.2, 0.25) is 0 Å². The SMILES string of the molecule is CC1CCC(C)N1C(=O)c1csc(CCN)n1.Cl. The molecule has 1 saturated heterocycles. The van der Waals surface area contributed by atoms with Crippen LogP contribution in [0.25, 0.3) is 0 Å². The van der Waals surface area contributed by atoms with E-state index in [1.165, 1.54) is 11.3 Å². The second-order valence-corrected chi connectivity index (χ2v) is 5.60. The Balaban J connectivity index is 0.00000162. The van der Waals surface area contributed by atoms with Gasteiger partial charge >= 0.3 is 0 Å². The van der Waals surface area contributed by atoms with Gasteiger partial charge in [-0.3, -0.25) is 4.79 Å². The fourth-order valence-corrected chi connectivity index (χ4v) is 3.16. The Labute approximate surface area is 118 Å². The van der Waals surface area contributed by atoms with Crippen molar-refractivity contribution in [1.82, 2.24) is 9.88 Å². The highest BCUT2D eigenvalue weighted by Crippen LogP contribution is 2.26. The molecule has 2 heterocycles. The zero-order valence-electron chi connectivity index (χ0n) is 10.8. The van der Waals surface area contributed by atoms with Gasteiger partial charge in [-0.05, 0) is 33.2 Å². The largest absolute Gasteiger partial charge is 0.332 e. The van der Waals surface area contributed by atoms with Crippen LogP contribution in [-0.4, -0.2) is 34.4 Å². The molecule has 1 fully saturated rings. The maximum Gasteiger partial charge on any atom is 0.273 e. The zero-order valence-corrected chi connectivity index (χ0v) is 12.4. The molecule has 4 nitrogen and oxygen atoms in total. The van der Waals surface area contributed by atoms with Crippen molar-refractivity contribution < 1.29 is 4.79 Å². The number of nitrogens with zero attached hydrogens (tertiary/aromatic N) is 2. The fraction of sp³-hybridized carbons (Fsp3) is 0.667. The van der Waals surface area contributed by atoms with Crippen molar-refractivity contribution in [2.75, 3.05) is 6.54 Å². The van der Waals surface area contributed by atoms with Crippen LogP contribution in [0.15, 0.2) is 5.38 Å². The number of halogens is 1. The summed E-state index contributed by atoms with van der Waals surface area (Å²) in [5.41, 5.74) is 6.07. The van der Waals surface area contributed by atoms with Gasteiger partial charge in [-0.25, -0.2) is 4.98 Å². The summed E-state index contributed by atoms with van der Waals surface area (Å²) in [5.74, 6) is 0.0713. The molecule has 1 amide bonds. The van der Waals surface area contributed by atoms with E-state index in [1.54, 1.807) is 0 Å². The van der Waals surface area contributed by atoms with Gasteiger partial charge in [0, 0.05) is 23.9 Å². The lowest BCUT2D eigenvalue weighted by Crippen LogP contribution is -2.38. The summed E-state index contributed by atoms with van der Waals surface area (Å²) in [6.45, 7) is 4.79. The minimum atomic E-state index is 0. The van der Waals surface area contributed by atoms with Crippen molar-refractivity contribution in [3.05, 3.63) is 16.1 Å². The number of aromatic nitrogens is 1.